The van der Waals surface area contributed by atoms with Gasteiger partial charge in [-0.3, -0.25) is 0 Å². The lowest BCUT2D eigenvalue weighted by molar-refractivity contribution is 0.120. The zero-order valence-electron chi connectivity index (χ0n) is 21.9. The summed E-state index contributed by atoms with van der Waals surface area (Å²) in [6.07, 6.45) is -1.40. The lowest BCUT2D eigenvalue weighted by Gasteiger charge is -2.28. The third-order valence-electron chi connectivity index (χ3n) is 2.64. The third-order valence-corrected chi connectivity index (χ3v) is 2.64. The number of anilines is 1. The Morgan fingerprint density at radius 2 is 1.85 bits per heavy atom. The van der Waals surface area contributed by atoms with Crippen LogP contribution in [0.15, 0.2) is 12.1 Å². The van der Waals surface area contributed by atoms with E-state index in [4.69, 9.17) is 24.2 Å². The largest absolute Gasteiger partial charge is 0.513 e. The fraction of sp³-hybridized carbons (Fsp3) is 0.562. The Kier molecular flexibility index (Phi) is 1.83. The van der Waals surface area contributed by atoms with E-state index in [-0.39, 0.29) is 11.3 Å². The smallest absolute Gasteiger partial charge is 0.437 e. The van der Waals surface area contributed by atoms with Crippen LogP contribution in [0.2, 0.25) is 0 Å². The van der Waals surface area contributed by atoms with Gasteiger partial charge in [-0.15, -0.1) is 0 Å². The van der Waals surface area contributed by atoms with Crippen molar-refractivity contribution in [1.29, 1.82) is 0 Å². The van der Waals surface area contributed by atoms with E-state index in [2.05, 4.69) is 4.74 Å². The Labute approximate surface area is 135 Å². The van der Waals surface area contributed by atoms with Gasteiger partial charge >= 0.3 is 6.16 Å². The van der Waals surface area contributed by atoms with E-state index in [0.29, 0.717) is 0 Å². The van der Waals surface area contributed by atoms with Gasteiger partial charge in [-0.05, 0) is 22.5 Å². The molecule has 0 heterocycles. The molecule has 0 spiro atoms. The Balaban J connectivity index is 4.38. The van der Waals surface area contributed by atoms with Gasteiger partial charge in [0.25, 0.3) is 0 Å². The van der Waals surface area contributed by atoms with Gasteiger partial charge in [0, 0.05) is 29.6 Å². The van der Waals surface area contributed by atoms with Crippen LogP contribution in [0.4, 0.5) is 10.5 Å². The van der Waals surface area contributed by atoms with E-state index < -0.39 is 54.9 Å². The molecule has 0 atom stereocenters. The zero-order chi connectivity index (χ0) is 24.1. The van der Waals surface area contributed by atoms with Crippen LogP contribution in [0.25, 0.3) is 0 Å². The number of carbonyl (C=O) groups is 1. The van der Waals surface area contributed by atoms with Crippen molar-refractivity contribution in [2.24, 2.45) is 0 Å². The first-order chi connectivity index (χ1) is 13.1. The standard InChI is InChI=1S/C16H25NO3/c1-15(2,3)10-8-11(16(4,5)6)13(9-12(10)17)20-14(18)19-7/h8-9H,17H2,1-7H3/i4D3,5D3,6D3,9D. The second-order valence-corrected chi connectivity index (χ2v) is 5.40. The molecular formula is C16H25NO3. The Bertz CT molecular complexity index is 783. The van der Waals surface area contributed by atoms with Crippen LogP contribution in [0.3, 0.4) is 0 Å². The highest BCUT2D eigenvalue weighted by Gasteiger charge is 2.26. The van der Waals surface area contributed by atoms with Gasteiger partial charge in [0.1, 0.15) is 5.75 Å². The number of benzene rings is 1. The molecule has 0 aliphatic heterocycles. The van der Waals surface area contributed by atoms with Gasteiger partial charge in [-0.2, -0.15) is 0 Å². The Morgan fingerprint density at radius 3 is 2.30 bits per heavy atom. The molecule has 1 aromatic carbocycles. The molecule has 4 heteroatoms. The van der Waals surface area contributed by atoms with Crippen molar-refractivity contribution in [3.8, 4) is 5.75 Å². The molecule has 20 heavy (non-hydrogen) atoms. The molecule has 0 aromatic heterocycles. The number of carbonyl (C=O) groups excluding carboxylic acids is 1. The average Bonchev–Trinajstić information content (AvgIpc) is 2.48. The van der Waals surface area contributed by atoms with E-state index in [1.807, 2.05) is 0 Å². The number of methoxy groups -OCH3 is 1. The summed E-state index contributed by atoms with van der Waals surface area (Å²) >= 11 is 0. The topological polar surface area (TPSA) is 61.5 Å². The van der Waals surface area contributed by atoms with Gasteiger partial charge in [0.05, 0.1) is 8.48 Å². The average molecular weight is 289 g/mol. The number of hydrogen-bond acceptors (Lipinski definition) is 4. The van der Waals surface area contributed by atoms with Crippen molar-refractivity contribution in [3.63, 3.8) is 0 Å². The molecule has 0 bridgehead atoms. The van der Waals surface area contributed by atoms with Crippen molar-refractivity contribution in [1.82, 2.24) is 0 Å². The van der Waals surface area contributed by atoms with Crippen LogP contribution in [-0.4, -0.2) is 13.3 Å². The van der Waals surface area contributed by atoms with Crippen molar-refractivity contribution in [2.75, 3.05) is 12.8 Å². The van der Waals surface area contributed by atoms with Gasteiger partial charge < -0.3 is 15.2 Å². The fourth-order valence-electron chi connectivity index (χ4n) is 1.65. The summed E-state index contributed by atoms with van der Waals surface area (Å²) < 4.78 is 88.7. The third kappa shape index (κ3) is 3.65. The Hall–Kier alpha value is -1.71. The van der Waals surface area contributed by atoms with E-state index in [1.54, 1.807) is 20.8 Å². The summed E-state index contributed by atoms with van der Waals surface area (Å²) in [4.78, 5) is 11.8. The lowest BCUT2D eigenvalue weighted by atomic mass is 9.79. The fourth-order valence-corrected chi connectivity index (χ4v) is 1.65. The highest BCUT2D eigenvalue weighted by atomic mass is 16.7. The molecule has 0 aliphatic rings. The molecule has 2 N–H and O–H groups in total. The molecule has 112 valence electrons. The first-order valence-electron chi connectivity index (χ1n) is 10.8. The van der Waals surface area contributed by atoms with Crippen LogP contribution in [0.1, 0.15) is 66.2 Å². The number of rotatable bonds is 1. The molecular weight excluding hydrogens is 254 g/mol. The minimum Gasteiger partial charge on any atom is -0.437 e. The number of nitrogens with two attached hydrogens (primary N) is 1. The SMILES string of the molecule is [2H]c1c(N)c(C(C)(C)C)cc(C(C([2H])([2H])[2H])(C([2H])([2H])[2H])C([2H])([2H])[2H])c1OC(=O)OC. The summed E-state index contributed by atoms with van der Waals surface area (Å²) in [5.74, 6) is -0.893. The van der Waals surface area contributed by atoms with Crippen LogP contribution in [0, 0.1) is 0 Å². The second kappa shape index (κ2) is 5.35. The molecule has 0 saturated heterocycles. The number of hydrogen-bond donors (Lipinski definition) is 1. The van der Waals surface area contributed by atoms with E-state index in [1.165, 1.54) is 0 Å². The van der Waals surface area contributed by atoms with Crippen LogP contribution in [-0.2, 0) is 15.6 Å². The molecule has 0 radical (unpaired) electrons. The monoisotopic (exact) mass is 289 g/mol. The van der Waals surface area contributed by atoms with E-state index >= 15 is 0 Å². The lowest BCUT2D eigenvalue weighted by Crippen LogP contribution is -2.20. The maximum atomic E-state index is 11.8. The molecule has 1 aromatic rings. The van der Waals surface area contributed by atoms with Crippen molar-refractivity contribution in [3.05, 3.63) is 23.2 Å². The number of ether oxygens (including phenoxy) is 2. The maximum absolute atomic E-state index is 11.8. The molecule has 0 unspecified atom stereocenters. The van der Waals surface area contributed by atoms with Crippen molar-refractivity contribution >= 4 is 11.8 Å². The van der Waals surface area contributed by atoms with Crippen LogP contribution < -0.4 is 10.5 Å². The highest BCUT2D eigenvalue weighted by Crippen LogP contribution is 2.39. The normalized spacial score (nSPS) is 21.4. The van der Waals surface area contributed by atoms with Crippen molar-refractivity contribution < 1.29 is 28.0 Å². The van der Waals surface area contributed by atoms with Gasteiger partial charge in [0.2, 0.25) is 0 Å². The molecule has 0 amide bonds. The van der Waals surface area contributed by atoms with Crippen LogP contribution >= 0.6 is 0 Å². The van der Waals surface area contributed by atoms with E-state index in [0.717, 1.165) is 13.2 Å². The maximum Gasteiger partial charge on any atom is 0.513 e. The quantitative estimate of drug-likeness (QED) is 0.482. The minimum atomic E-state index is -3.62. The van der Waals surface area contributed by atoms with E-state index in [9.17, 15) is 4.79 Å². The summed E-state index contributed by atoms with van der Waals surface area (Å²) in [6.45, 7) is -5.88. The van der Waals surface area contributed by atoms with Gasteiger partial charge in [0.15, 0.2) is 0 Å². The molecule has 4 nitrogen and oxygen atoms in total. The second-order valence-electron chi connectivity index (χ2n) is 5.40. The molecule has 0 fully saturated rings. The first-order valence-corrected chi connectivity index (χ1v) is 5.84. The predicted molar refractivity (Wildman–Crippen MR) is 81.3 cm³/mol. The molecule has 1 rings (SSSR count). The highest BCUT2D eigenvalue weighted by molar-refractivity contribution is 5.67. The van der Waals surface area contributed by atoms with Crippen LogP contribution in [0.5, 0.6) is 5.75 Å². The zero-order valence-corrected chi connectivity index (χ0v) is 11.9. The summed E-state index contributed by atoms with van der Waals surface area (Å²) in [6, 6.07) is 0.265. The number of nitrogen functional groups attached to an aromatic ring is 1. The van der Waals surface area contributed by atoms with Gasteiger partial charge in [-0.25, -0.2) is 4.79 Å². The summed E-state index contributed by atoms with van der Waals surface area (Å²) in [5.41, 5.74) is 0.709. The summed E-state index contributed by atoms with van der Waals surface area (Å²) in [5, 5.41) is 0. The molecule has 0 aliphatic carbocycles. The predicted octanol–water partition coefficient (Wildman–Crippen LogP) is 4.01. The van der Waals surface area contributed by atoms with Gasteiger partial charge in [-0.1, -0.05) is 41.3 Å². The first kappa shape index (κ1) is 6.83. The Morgan fingerprint density at radius 1 is 1.25 bits per heavy atom. The summed E-state index contributed by atoms with van der Waals surface area (Å²) in [7, 11) is 0.934. The molecule has 0 saturated carbocycles. The minimum absolute atomic E-state index is 0.127. The van der Waals surface area contributed by atoms with Crippen molar-refractivity contribution in [2.45, 2.75) is 52.2 Å².